The van der Waals surface area contributed by atoms with Crippen LogP contribution in [0.4, 0.5) is 5.69 Å². The molecular weight excluding hydrogens is 344 g/mol. The van der Waals surface area contributed by atoms with E-state index in [4.69, 9.17) is 14.9 Å². The molecule has 2 atom stereocenters. The summed E-state index contributed by atoms with van der Waals surface area (Å²) < 4.78 is 5.06. The normalized spacial score (nSPS) is 17.7. The Bertz CT molecular complexity index is 702. The van der Waals surface area contributed by atoms with E-state index in [2.05, 4.69) is 5.32 Å². The van der Waals surface area contributed by atoms with Gasteiger partial charge in [-0.05, 0) is 30.7 Å². The van der Waals surface area contributed by atoms with E-state index in [0.717, 1.165) is 0 Å². The van der Waals surface area contributed by atoms with Gasteiger partial charge in [0.1, 0.15) is 11.8 Å². The number of carbonyl (C=O) groups is 4. The Kier molecular flexibility index (Phi) is 6.16. The van der Waals surface area contributed by atoms with Crippen molar-refractivity contribution in [1.29, 1.82) is 0 Å². The van der Waals surface area contributed by atoms with Gasteiger partial charge >= 0.3 is 11.9 Å². The van der Waals surface area contributed by atoms with E-state index < -0.39 is 29.8 Å². The molecule has 140 valence electrons. The highest BCUT2D eigenvalue weighted by atomic mass is 16.5. The lowest BCUT2D eigenvalue weighted by Gasteiger charge is -2.18. The number of anilines is 1. The Morgan fingerprint density at radius 3 is 2.46 bits per heavy atom. The van der Waals surface area contributed by atoms with E-state index >= 15 is 0 Å². The average molecular weight is 364 g/mol. The number of ether oxygens (including phenoxy) is 1. The zero-order valence-corrected chi connectivity index (χ0v) is 14.2. The van der Waals surface area contributed by atoms with Crippen LogP contribution in [0.1, 0.15) is 19.3 Å². The Labute approximate surface area is 149 Å². The highest BCUT2D eigenvalue weighted by molar-refractivity contribution is 6.00. The molecule has 0 bridgehead atoms. The van der Waals surface area contributed by atoms with Crippen molar-refractivity contribution in [2.75, 3.05) is 18.6 Å². The largest absolute Gasteiger partial charge is 0.497 e. The molecule has 1 saturated heterocycles. The molecular formula is C17H20N2O7. The molecule has 0 spiro atoms. The van der Waals surface area contributed by atoms with E-state index in [9.17, 15) is 19.2 Å². The summed E-state index contributed by atoms with van der Waals surface area (Å²) in [6.07, 6.45) is -0.638. The molecule has 0 radical (unpaired) electrons. The van der Waals surface area contributed by atoms with Gasteiger partial charge < -0.3 is 25.2 Å². The molecule has 26 heavy (non-hydrogen) atoms. The lowest BCUT2D eigenvalue weighted by Crippen LogP contribution is -2.44. The fraction of sp³-hybridized carbons (Fsp3) is 0.412. The van der Waals surface area contributed by atoms with Gasteiger partial charge in [-0.25, -0.2) is 4.79 Å². The summed E-state index contributed by atoms with van der Waals surface area (Å²) in [6.45, 7) is 0.127. The first kappa shape index (κ1) is 19.2. The second-order valence-electron chi connectivity index (χ2n) is 5.94. The van der Waals surface area contributed by atoms with Crippen molar-refractivity contribution in [2.24, 2.45) is 5.92 Å². The van der Waals surface area contributed by atoms with E-state index in [0.29, 0.717) is 11.4 Å². The van der Waals surface area contributed by atoms with Crippen LogP contribution in [0.3, 0.4) is 0 Å². The molecule has 1 fully saturated rings. The zero-order valence-electron chi connectivity index (χ0n) is 14.2. The Morgan fingerprint density at radius 1 is 1.27 bits per heavy atom. The summed E-state index contributed by atoms with van der Waals surface area (Å²) in [5.74, 6) is -3.34. The average Bonchev–Trinajstić information content (AvgIpc) is 3.00. The molecule has 1 aromatic carbocycles. The molecule has 2 unspecified atom stereocenters. The second-order valence-corrected chi connectivity index (χ2v) is 5.94. The van der Waals surface area contributed by atoms with Crippen molar-refractivity contribution in [2.45, 2.75) is 25.3 Å². The Hall–Kier alpha value is -3.10. The number of carbonyl (C=O) groups excluding carboxylic acids is 2. The smallest absolute Gasteiger partial charge is 0.326 e. The Morgan fingerprint density at radius 2 is 1.92 bits per heavy atom. The highest BCUT2D eigenvalue weighted by Crippen LogP contribution is 2.27. The summed E-state index contributed by atoms with van der Waals surface area (Å²) in [6, 6.07) is 5.49. The number of amides is 2. The Balaban J connectivity index is 2.00. The van der Waals surface area contributed by atoms with Crippen LogP contribution in [0, 0.1) is 5.92 Å². The SMILES string of the molecule is COc1ccc(N2CC(C(=O)NC(CCC(=O)O)C(=O)O)CC2=O)cc1. The third-order valence-electron chi connectivity index (χ3n) is 4.14. The molecule has 9 heteroatoms. The van der Waals surface area contributed by atoms with Crippen molar-refractivity contribution in [1.82, 2.24) is 5.32 Å². The van der Waals surface area contributed by atoms with Crippen LogP contribution >= 0.6 is 0 Å². The summed E-state index contributed by atoms with van der Waals surface area (Å²) in [5.41, 5.74) is 0.617. The van der Waals surface area contributed by atoms with Crippen LogP contribution in [-0.4, -0.2) is 53.7 Å². The zero-order chi connectivity index (χ0) is 19.3. The summed E-state index contributed by atoms with van der Waals surface area (Å²) in [5, 5.41) is 20.1. The fourth-order valence-electron chi connectivity index (χ4n) is 2.71. The number of rotatable bonds is 8. The van der Waals surface area contributed by atoms with Crippen LogP contribution in [0.25, 0.3) is 0 Å². The van der Waals surface area contributed by atoms with E-state index in [1.54, 1.807) is 24.3 Å². The molecule has 1 aromatic rings. The van der Waals surface area contributed by atoms with Gasteiger partial charge in [0.15, 0.2) is 0 Å². The van der Waals surface area contributed by atoms with Gasteiger partial charge in [-0.2, -0.15) is 0 Å². The van der Waals surface area contributed by atoms with Crippen LogP contribution in [0.15, 0.2) is 24.3 Å². The molecule has 2 amide bonds. The molecule has 1 aliphatic rings. The first-order valence-corrected chi connectivity index (χ1v) is 8.01. The minimum atomic E-state index is -1.31. The van der Waals surface area contributed by atoms with Crippen LogP contribution in [0.2, 0.25) is 0 Å². The van der Waals surface area contributed by atoms with Crippen molar-refractivity contribution >= 4 is 29.4 Å². The maximum Gasteiger partial charge on any atom is 0.326 e. The topological polar surface area (TPSA) is 133 Å². The molecule has 0 saturated carbocycles. The standard InChI is InChI=1S/C17H20N2O7/c1-26-12-4-2-11(3-5-12)19-9-10(8-14(19)20)16(23)18-13(17(24)25)6-7-15(21)22/h2-5,10,13H,6-9H2,1H3,(H,18,23)(H,21,22)(H,24,25). The summed E-state index contributed by atoms with van der Waals surface area (Å²) >= 11 is 0. The van der Waals surface area contributed by atoms with Gasteiger partial charge in [-0.1, -0.05) is 0 Å². The fourth-order valence-corrected chi connectivity index (χ4v) is 2.71. The molecule has 2 rings (SSSR count). The second kappa shape index (κ2) is 8.32. The molecule has 9 nitrogen and oxygen atoms in total. The van der Waals surface area contributed by atoms with Crippen molar-refractivity contribution in [3.8, 4) is 5.75 Å². The third kappa shape index (κ3) is 4.71. The number of nitrogens with one attached hydrogen (secondary N) is 1. The number of aliphatic carboxylic acids is 2. The number of nitrogens with zero attached hydrogens (tertiary/aromatic N) is 1. The van der Waals surface area contributed by atoms with Crippen LogP contribution < -0.4 is 15.0 Å². The van der Waals surface area contributed by atoms with E-state index in [-0.39, 0.29) is 31.7 Å². The lowest BCUT2D eigenvalue weighted by molar-refractivity contribution is -0.143. The van der Waals surface area contributed by atoms with Crippen molar-refractivity contribution in [3.05, 3.63) is 24.3 Å². The summed E-state index contributed by atoms with van der Waals surface area (Å²) in [7, 11) is 1.53. The maximum absolute atomic E-state index is 12.3. The monoisotopic (exact) mass is 364 g/mol. The van der Waals surface area contributed by atoms with Crippen molar-refractivity contribution in [3.63, 3.8) is 0 Å². The minimum absolute atomic E-state index is 0.0386. The number of carboxylic acid groups (broad SMARTS) is 2. The van der Waals surface area contributed by atoms with Gasteiger partial charge in [0, 0.05) is 25.1 Å². The first-order valence-electron chi connectivity index (χ1n) is 8.01. The molecule has 0 aromatic heterocycles. The first-order chi connectivity index (χ1) is 12.3. The van der Waals surface area contributed by atoms with Crippen molar-refractivity contribution < 1.29 is 34.1 Å². The predicted octanol–water partition coefficient (Wildman–Crippen LogP) is 0.482. The quantitative estimate of drug-likeness (QED) is 0.611. The summed E-state index contributed by atoms with van der Waals surface area (Å²) in [4.78, 5) is 47.7. The van der Waals surface area contributed by atoms with E-state index in [1.807, 2.05) is 0 Å². The van der Waals surface area contributed by atoms with Gasteiger partial charge in [-0.3, -0.25) is 14.4 Å². The van der Waals surface area contributed by atoms with Gasteiger partial charge in [0.05, 0.1) is 13.0 Å². The molecule has 0 aliphatic carbocycles. The highest BCUT2D eigenvalue weighted by Gasteiger charge is 2.36. The van der Waals surface area contributed by atoms with Crippen LogP contribution in [0.5, 0.6) is 5.75 Å². The van der Waals surface area contributed by atoms with Gasteiger partial charge in [0.2, 0.25) is 11.8 Å². The number of methoxy groups -OCH3 is 1. The number of hydrogen-bond donors (Lipinski definition) is 3. The van der Waals surface area contributed by atoms with Gasteiger partial charge in [-0.15, -0.1) is 0 Å². The van der Waals surface area contributed by atoms with Crippen LogP contribution in [-0.2, 0) is 19.2 Å². The predicted molar refractivity (Wildman–Crippen MR) is 89.9 cm³/mol. The number of benzene rings is 1. The molecule has 3 N–H and O–H groups in total. The number of hydrogen-bond acceptors (Lipinski definition) is 5. The van der Waals surface area contributed by atoms with E-state index in [1.165, 1.54) is 12.0 Å². The lowest BCUT2D eigenvalue weighted by atomic mass is 10.1. The maximum atomic E-state index is 12.3. The molecule has 1 aliphatic heterocycles. The molecule has 1 heterocycles. The van der Waals surface area contributed by atoms with Gasteiger partial charge in [0.25, 0.3) is 0 Å². The minimum Gasteiger partial charge on any atom is -0.497 e. The number of carboxylic acids is 2. The third-order valence-corrected chi connectivity index (χ3v) is 4.14.